The normalized spacial score (nSPS) is 25.6. The predicted octanol–water partition coefficient (Wildman–Crippen LogP) is 1.15. The van der Waals surface area contributed by atoms with E-state index in [0.717, 1.165) is 16.7 Å². The molecule has 86 valence electrons. The number of ether oxygens (including phenoxy) is 1. The van der Waals surface area contributed by atoms with Crippen LogP contribution in [-0.4, -0.2) is 29.4 Å². The lowest BCUT2D eigenvalue weighted by Crippen LogP contribution is -2.32. The lowest BCUT2D eigenvalue weighted by atomic mass is 10.3. The first-order valence-electron chi connectivity index (χ1n) is 4.86. The Morgan fingerprint density at radius 2 is 2.25 bits per heavy atom. The van der Waals surface area contributed by atoms with Crippen molar-refractivity contribution in [2.24, 2.45) is 0 Å². The van der Waals surface area contributed by atoms with E-state index in [0.29, 0.717) is 0 Å². The first-order chi connectivity index (χ1) is 7.54. The lowest BCUT2D eigenvalue weighted by molar-refractivity contribution is 0.161. The number of hydrogen-bond acceptors (Lipinski definition) is 4. The molecule has 0 atom stereocenters. The highest BCUT2D eigenvalue weighted by Crippen LogP contribution is 2.45. The van der Waals surface area contributed by atoms with Gasteiger partial charge in [-0.15, -0.1) is 3.82 Å². The molecule has 1 fully saturated rings. The van der Waals surface area contributed by atoms with Gasteiger partial charge in [0.25, 0.3) is 10.0 Å². The SMILES string of the molecule is O=S1(=O)c2cccnc2OC2(CC2)CN1Cl. The molecular formula is C9H9ClN2O3S. The molecule has 0 unspecified atom stereocenters. The summed E-state index contributed by atoms with van der Waals surface area (Å²) in [6, 6.07) is 3.00. The van der Waals surface area contributed by atoms with Gasteiger partial charge in [0.05, 0.1) is 6.54 Å². The van der Waals surface area contributed by atoms with Crippen LogP contribution in [0.1, 0.15) is 12.8 Å². The van der Waals surface area contributed by atoms with Crippen molar-refractivity contribution < 1.29 is 13.2 Å². The Morgan fingerprint density at radius 1 is 1.50 bits per heavy atom. The molecule has 2 aliphatic rings. The molecular weight excluding hydrogens is 252 g/mol. The maximum absolute atomic E-state index is 12.0. The number of fused-ring (bicyclic) bond motifs is 1. The molecule has 0 aromatic carbocycles. The van der Waals surface area contributed by atoms with E-state index in [-0.39, 0.29) is 17.3 Å². The summed E-state index contributed by atoms with van der Waals surface area (Å²) in [5.41, 5.74) is -0.464. The molecule has 1 aliphatic carbocycles. The minimum Gasteiger partial charge on any atom is -0.469 e. The fraction of sp³-hybridized carbons (Fsp3) is 0.444. The molecule has 0 radical (unpaired) electrons. The van der Waals surface area contributed by atoms with Crippen LogP contribution in [0.3, 0.4) is 0 Å². The zero-order valence-electron chi connectivity index (χ0n) is 8.26. The molecule has 0 amide bonds. The van der Waals surface area contributed by atoms with Crippen LogP contribution in [0.25, 0.3) is 0 Å². The van der Waals surface area contributed by atoms with Gasteiger partial charge >= 0.3 is 0 Å². The second kappa shape index (κ2) is 3.09. The Labute approximate surface area is 98.1 Å². The summed E-state index contributed by atoms with van der Waals surface area (Å²) < 4.78 is 30.5. The van der Waals surface area contributed by atoms with Crippen molar-refractivity contribution in [3.8, 4) is 5.88 Å². The molecule has 0 bridgehead atoms. The molecule has 0 saturated heterocycles. The van der Waals surface area contributed by atoms with Gasteiger partial charge in [-0.2, -0.15) is 0 Å². The van der Waals surface area contributed by atoms with E-state index in [9.17, 15) is 8.42 Å². The fourth-order valence-corrected chi connectivity index (χ4v) is 3.33. The number of pyridine rings is 1. The number of sulfonamides is 1. The standard InChI is InChI=1S/C9H9ClN2O3S/c10-12-6-9(3-4-9)15-8-7(16(12,13)14)2-1-5-11-8/h1-2,5H,3-4,6H2. The van der Waals surface area contributed by atoms with Gasteiger partial charge in [-0.25, -0.2) is 13.4 Å². The molecule has 1 aromatic heterocycles. The zero-order chi connectivity index (χ0) is 11.4. The highest BCUT2D eigenvalue weighted by atomic mass is 35.5. The lowest BCUT2D eigenvalue weighted by Gasteiger charge is -2.15. The third kappa shape index (κ3) is 1.41. The van der Waals surface area contributed by atoms with E-state index < -0.39 is 15.6 Å². The Kier molecular flexibility index (Phi) is 1.99. The monoisotopic (exact) mass is 260 g/mol. The van der Waals surface area contributed by atoms with Crippen molar-refractivity contribution in [1.29, 1.82) is 0 Å². The van der Waals surface area contributed by atoms with E-state index in [1.54, 1.807) is 6.07 Å². The van der Waals surface area contributed by atoms with Crippen molar-refractivity contribution in [3.05, 3.63) is 18.3 Å². The molecule has 5 nitrogen and oxygen atoms in total. The van der Waals surface area contributed by atoms with Crippen LogP contribution in [0.5, 0.6) is 5.88 Å². The largest absolute Gasteiger partial charge is 0.469 e. The molecule has 1 aliphatic heterocycles. The average molecular weight is 261 g/mol. The quantitative estimate of drug-likeness (QED) is 0.657. The number of aromatic nitrogens is 1. The third-order valence-corrected chi connectivity index (χ3v) is 4.99. The number of hydrogen-bond donors (Lipinski definition) is 0. The highest BCUT2D eigenvalue weighted by molar-refractivity contribution is 7.90. The first kappa shape index (κ1) is 10.3. The van der Waals surface area contributed by atoms with Gasteiger partial charge in [0.15, 0.2) is 0 Å². The smallest absolute Gasteiger partial charge is 0.261 e. The summed E-state index contributed by atoms with van der Waals surface area (Å²) in [4.78, 5) is 3.99. The average Bonchev–Trinajstić information content (AvgIpc) is 2.98. The van der Waals surface area contributed by atoms with Crippen LogP contribution < -0.4 is 4.74 Å². The van der Waals surface area contributed by atoms with Crippen LogP contribution >= 0.6 is 11.8 Å². The molecule has 3 rings (SSSR count). The van der Waals surface area contributed by atoms with Crippen LogP contribution in [0.4, 0.5) is 0 Å². The summed E-state index contributed by atoms with van der Waals surface area (Å²) in [6.45, 7) is 0.174. The van der Waals surface area contributed by atoms with Crippen LogP contribution in [0.15, 0.2) is 23.2 Å². The van der Waals surface area contributed by atoms with Crippen molar-refractivity contribution >= 4 is 21.8 Å². The number of halogens is 1. The second-order valence-electron chi connectivity index (χ2n) is 4.04. The molecule has 16 heavy (non-hydrogen) atoms. The van der Waals surface area contributed by atoms with Gasteiger partial charge in [0.2, 0.25) is 5.88 Å². The van der Waals surface area contributed by atoms with E-state index in [2.05, 4.69) is 4.98 Å². The van der Waals surface area contributed by atoms with E-state index >= 15 is 0 Å². The van der Waals surface area contributed by atoms with Crippen molar-refractivity contribution in [3.63, 3.8) is 0 Å². The first-order valence-corrected chi connectivity index (χ1v) is 6.64. The zero-order valence-corrected chi connectivity index (χ0v) is 9.83. The van der Waals surface area contributed by atoms with Gasteiger partial charge in [-0.3, -0.25) is 0 Å². The second-order valence-corrected chi connectivity index (χ2v) is 6.48. The summed E-state index contributed by atoms with van der Waals surface area (Å²) >= 11 is 5.80. The predicted molar refractivity (Wildman–Crippen MR) is 56.6 cm³/mol. The molecule has 2 heterocycles. The van der Waals surface area contributed by atoms with E-state index in [4.69, 9.17) is 16.5 Å². The fourth-order valence-electron chi connectivity index (χ4n) is 1.70. The van der Waals surface area contributed by atoms with Crippen molar-refractivity contribution in [2.75, 3.05) is 6.54 Å². The molecule has 1 saturated carbocycles. The summed E-state index contributed by atoms with van der Waals surface area (Å²) in [6.07, 6.45) is 3.12. The van der Waals surface area contributed by atoms with E-state index in [1.807, 2.05) is 0 Å². The van der Waals surface area contributed by atoms with E-state index in [1.165, 1.54) is 12.3 Å². The Balaban J connectivity index is 2.20. The summed E-state index contributed by atoms with van der Waals surface area (Å²) in [5.74, 6) is 0.156. The van der Waals surface area contributed by atoms with Crippen molar-refractivity contribution in [1.82, 2.24) is 8.81 Å². The topological polar surface area (TPSA) is 59.5 Å². The molecule has 1 aromatic rings. The van der Waals surface area contributed by atoms with Crippen molar-refractivity contribution in [2.45, 2.75) is 23.3 Å². The van der Waals surface area contributed by atoms with Gasteiger partial charge in [-0.05, 0) is 36.8 Å². The Bertz CT molecular complexity index is 541. The van der Waals surface area contributed by atoms with Crippen LogP contribution in [0.2, 0.25) is 0 Å². The van der Waals surface area contributed by atoms with Gasteiger partial charge in [-0.1, -0.05) is 0 Å². The van der Waals surface area contributed by atoms with Crippen LogP contribution in [0, 0.1) is 0 Å². The van der Waals surface area contributed by atoms with Crippen LogP contribution in [-0.2, 0) is 10.0 Å². The Morgan fingerprint density at radius 3 is 2.94 bits per heavy atom. The Hall–Kier alpha value is -0.850. The summed E-state index contributed by atoms with van der Waals surface area (Å²) in [5, 5.41) is 0. The molecule has 1 spiro atoms. The van der Waals surface area contributed by atoms with Gasteiger partial charge in [0.1, 0.15) is 10.5 Å². The maximum Gasteiger partial charge on any atom is 0.261 e. The third-order valence-electron chi connectivity index (χ3n) is 2.81. The molecule has 0 N–H and O–H groups in total. The van der Waals surface area contributed by atoms with Gasteiger partial charge in [0, 0.05) is 6.20 Å². The summed E-state index contributed by atoms with van der Waals surface area (Å²) in [7, 11) is -3.68. The molecule has 7 heteroatoms. The maximum atomic E-state index is 12.0. The van der Waals surface area contributed by atoms with Gasteiger partial charge < -0.3 is 4.74 Å². The number of rotatable bonds is 0. The minimum atomic E-state index is -3.68. The minimum absolute atomic E-state index is 0.0359. The highest BCUT2D eigenvalue weighted by Gasteiger charge is 2.52. The number of nitrogens with zero attached hydrogens (tertiary/aromatic N) is 2.